The van der Waals surface area contributed by atoms with Gasteiger partial charge in [0, 0.05) is 20.0 Å². The normalized spacial score (nSPS) is 19.3. The second-order valence-corrected chi connectivity index (χ2v) is 9.05. The van der Waals surface area contributed by atoms with Gasteiger partial charge in [0.25, 0.3) is 5.91 Å². The van der Waals surface area contributed by atoms with Crippen LogP contribution in [0.15, 0.2) is 39.9 Å². The van der Waals surface area contributed by atoms with E-state index in [4.69, 9.17) is 9.47 Å². The molecule has 1 aliphatic heterocycles. The van der Waals surface area contributed by atoms with Crippen LogP contribution in [0.2, 0.25) is 0 Å². The molecule has 0 radical (unpaired) electrons. The second kappa shape index (κ2) is 8.98. The highest BCUT2D eigenvalue weighted by atomic mass is 32.2. The zero-order chi connectivity index (χ0) is 20.3. The average Bonchev–Trinajstić information content (AvgIpc) is 3.08. The highest BCUT2D eigenvalue weighted by Gasteiger charge is 2.41. The van der Waals surface area contributed by atoms with E-state index in [2.05, 4.69) is 0 Å². The molecule has 2 atom stereocenters. The van der Waals surface area contributed by atoms with Crippen molar-refractivity contribution in [1.82, 2.24) is 4.90 Å². The Labute approximate surface area is 173 Å². The van der Waals surface area contributed by atoms with Crippen LogP contribution in [0.25, 0.3) is 0 Å². The van der Waals surface area contributed by atoms with Gasteiger partial charge in [-0.1, -0.05) is 12.1 Å². The first kappa shape index (κ1) is 20.7. The number of carbonyl (C=O) groups excluding carboxylic acids is 2. The molecule has 6 nitrogen and oxygen atoms in total. The van der Waals surface area contributed by atoms with Gasteiger partial charge in [0.15, 0.2) is 6.10 Å². The fourth-order valence-electron chi connectivity index (χ4n) is 3.01. The number of amides is 1. The molecule has 1 aliphatic rings. The molecule has 0 unspecified atom stereocenters. The Morgan fingerprint density at radius 1 is 1.21 bits per heavy atom. The number of hydrogen-bond acceptors (Lipinski definition) is 7. The summed E-state index contributed by atoms with van der Waals surface area (Å²) in [6, 6.07) is 9.51. The summed E-state index contributed by atoms with van der Waals surface area (Å²) < 4.78 is 11.8. The van der Waals surface area contributed by atoms with Crippen molar-refractivity contribution in [3.05, 3.63) is 41.3 Å². The SMILES string of the molecule is COc1ccc([C@H]2Sc3sccc3N(CCN(C)C)C(=O)[C@@H]2OC(C)=O)cc1. The van der Waals surface area contributed by atoms with E-state index in [0.29, 0.717) is 13.1 Å². The highest BCUT2D eigenvalue weighted by molar-refractivity contribution is 8.01. The van der Waals surface area contributed by atoms with E-state index in [0.717, 1.165) is 21.2 Å². The van der Waals surface area contributed by atoms with Crippen LogP contribution in [0.5, 0.6) is 5.75 Å². The van der Waals surface area contributed by atoms with Crippen molar-refractivity contribution >= 4 is 40.7 Å². The first-order valence-corrected chi connectivity index (χ1v) is 10.7. The van der Waals surface area contributed by atoms with Crippen molar-refractivity contribution in [3.8, 4) is 5.75 Å². The van der Waals surface area contributed by atoms with E-state index < -0.39 is 12.1 Å². The number of thiophene rings is 1. The topological polar surface area (TPSA) is 59.1 Å². The van der Waals surface area contributed by atoms with E-state index >= 15 is 0 Å². The number of nitrogens with zero attached hydrogens (tertiary/aromatic N) is 2. The van der Waals surface area contributed by atoms with Gasteiger partial charge >= 0.3 is 5.97 Å². The Morgan fingerprint density at radius 2 is 1.93 bits per heavy atom. The largest absolute Gasteiger partial charge is 0.497 e. The molecule has 0 bridgehead atoms. The van der Waals surface area contributed by atoms with E-state index in [1.165, 1.54) is 6.92 Å². The number of esters is 1. The fourth-order valence-corrected chi connectivity index (χ4v) is 5.45. The van der Waals surface area contributed by atoms with Gasteiger partial charge in [-0.05, 0) is 43.2 Å². The molecule has 0 spiro atoms. The molecule has 0 saturated heterocycles. The van der Waals surface area contributed by atoms with Crippen molar-refractivity contribution in [1.29, 1.82) is 0 Å². The smallest absolute Gasteiger partial charge is 0.303 e. The number of hydrogen-bond donors (Lipinski definition) is 0. The summed E-state index contributed by atoms with van der Waals surface area (Å²) in [5.41, 5.74) is 1.80. The van der Waals surface area contributed by atoms with E-state index in [1.807, 2.05) is 54.7 Å². The van der Waals surface area contributed by atoms with Gasteiger partial charge in [-0.15, -0.1) is 23.1 Å². The predicted octanol–water partition coefficient (Wildman–Crippen LogP) is 3.43. The number of likely N-dealkylation sites (N-methyl/N-ethyl adjacent to an activating group) is 1. The lowest BCUT2D eigenvalue weighted by atomic mass is 10.1. The van der Waals surface area contributed by atoms with Crippen LogP contribution < -0.4 is 9.64 Å². The summed E-state index contributed by atoms with van der Waals surface area (Å²) in [5.74, 6) is 0.0833. The van der Waals surface area contributed by atoms with Crippen LogP contribution in [0.3, 0.4) is 0 Å². The summed E-state index contributed by atoms with van der Waals surface area (Å²) in [5, 5.41) is 1.66. The Morgan fingerprint density at radius 3 is 2.54 bits per heavy atom. The number of ether oxygens (including phenoxy) is 2. The Balaban J connectivity index is 2.01. The summed E-state index contributed by atoms with van der Waals surface area (Å²) in [6.07, 6.45) is -0.891. The number of thioether (sulfide) groups is 1. The Kier molecular flexibility index (Phi) is 6.64. The molecule has 2 heterocycles. The van der Waals surface area contributed by atoms with Crippen LogP contribution >= 0.6 is 23.1 Å². The van der Waals surface area contributed by atoms with Crippen molar-refractivity contribution in [3.63, 3.8) is 0 Å². The maximum atomic E-state index is 13.5. The molecular weight excluding hydrogens is 396 g/mol. The minimum Gasteiger partial charge on any atom is -0.497 e. The molecule has 1 amide bonds. The minimum absolute atomic E-state index is 0.192. The standard InChI is InChI=1S/C20H24N2O4S2/c1-13(23)26-17-18(14-5-7-15(25-4)8-6-14)28-20-16(9-12-27-20)22(19(17)24)11-10-21(2)3/h5-9,12,17-18H,10-11H2,1-4H3/t17-,18-/m1/s1. The summed E-state index contributed by atoms with van der Waals surface area (Å²) in [7, 11) is 5.55. The van der Waals surface area contributed by atoms with Crippen molar-refractivity contribution in [2.45, 2.75) is 22.5 Å². The molecule has 0 aliphatic carbocycles. The van der Waals surface area contributed by atoms with Crippen LogP contribution in [0.1, 0.15) is 17.7 Å². The summed E-state index contributed by atoms with van der Waals surface area (Å²) in [6.45, 7) is 2.59. The molecule has 8 heteroatoms. The molecule has 1 aromatic heterocycles. The van der Waals surface area contributed by atoms with Gasteiger partial charge in [-0.2, -0.15) is 0 Å². The number of methoxy groups -OCH3 is 1. The van der Waals surface area contributed by atoms with Gasteiger partial charge in [-0.3, -0.25) is 9.59 Å². The maximum absolute atomic E-state index is 13.5. The Bertz CT molecular complexity index is 835. The lowest BCUT2D eigenvalue weighted by Crippen LogP contribution is -2.45. The lowest BCUT2D eigenvalue weighted by Gasteiger charge is -2.28. The molecule has 28 heavy (non-hydrogen) atoms. The van der Waals surface area contributed by atoms with Crippen LogP contribution in [-0.4, -0.2) is 57.2 Å². The maximum Gasteiger partial charge on any atom is 0.303 e. The van der Waals surface area contributed by atoms with Crippen LogP contribution in [0.4, 0.5) is 5.69 Å². The van der Waals surface area contributed by atoms with Gasteiger partial charge in [-0.25, -0.2) is 0 Å². The van der Waals surface area contributed by atoms with E-state index in [9.17, 15) is 9.59 Å². The third kappa shape index (κ3) is 4.51. The first-order valence-electron chi connectivity index (χ1n) is 8.92. The monoisotopic (exact) mass is 420 g/mol. The third-order valence-electron chi connectivity index (χ3n) is 4.43. The molecule has 0 N–H and O–H groups in total. The first-order chi connectivity index (χ1) is 13.4. The zero-order valence-corrected chi connectivity index (χ0v) is 18.0. The van der Waals surface area contributed by atoms with Crippen molar-refractivity contribution in [2.24, 2.45) is 0 Å². The van der Waals surface area contributed by atoms with Gasteiger partial charge in [0.05, 0.1) is 22.3 Å². The van der Waals surface area contributed by atoms with Gasteiger partial charge in [0.2, 0.25) is 0 Å². The van der Waals surface area contributed by atoms with Crippen molar-refractivity contribution in [2.75, 3.05) is 39.2 Å². The summed E-state index contributed by atoms with van der Waals surface area (Å²) >= 11 is 3.16. The third-order valence-corrected chi connectivity index (χ3v) is 6.90. The minimum atomic E-state index is -0.891. The molecular formula is C20H24N2O4S2. The number of carbonyl (C=O) groups is 2. The molecule has 3 rings (SSSR count). The van der Waals surface area contributed by atoms with Gasteiger partial charge < -0.3 is 19.3 Å². The predicted molar refractivity (Wildman–Crippen MR) is 112 cm³/mol. The fraction of sp³-hybridized carbons (Fsp3) is 0.400. The second-order valence-electron chi connectivity index (χ2n) is 6.73. The van der Waals surface area contributed by atoms with E-state index in [-0.39, 0.29) is 11.2 Å². The van der Waals surface area contributed by atoms with Crippen LogP contribution in [-0.2, 0) is 14.3 Å². The molecule has 0 saturated carbocycles. The van der Waals surface area contributed by atoms with Crippen molar-refractivity contribution < 1.29 is 19.1 Å². The van der Waals surface area contributed by atoms with E-state index in [1.54, 1.807) is 35.1 Å². The van der Waals surface area contributed by atoms with Gasteiger partial charge in [0.1, 0.15) is 5.75 Å². The molecule has 1 aromatic carbocycles. The Hall–Kier alpha value is -2.03. The number of benzene rings is 1. The summed E-state index contributed by atoms with van der Waals surface area (Å²) in [4.78, 5) is 29.0. The molecule has 2 aromatic rings. The zero-order valence-electron chi connectivity index (χ0n) is 16.4. The number of anilines is 1. The molecule has 0 fully saturated rings. The highest BCUT2D eigenvalue weighted by Crippen LogP contribution is 2.49. The lowest BCUT2D eigenvalue weighted by molar-refractivity contribution is -0.152. The molecule has 150 valence electrons. The van der Waals surface area contributed by atoms with Crippen LogP contribution in [0, 0.1) is 0 Å². The number of fused-ring (bicyclic) bond motifs is 1. The quantitative estimate of drug-likeness (QED) is 0.668. The number of rotatable bonds is 6. The average molecular weight is 421 g/mol.